The van der Waals surface area contributed by atoms with Gasteiger partial charge in [-0.3, -0.25) is 4.79 Å². The summed E-state index contributed by atoms with van der Waals surface area (Å²) in [5.41, 5.74) is 5.46. The van der Waals surface area contributed by atoms with Crippen LogP contribution in [-0.4, -0.2) is 38.9 Å². The lowest BCUT2D eigenvalue weighted by Gasteiger charge is -2.30. The molecule has 2 N–H and O–H groups in total. The molecule has 0 unspecified atom stereocenters. The van der Waals surface area contributed by atoms with E-state index in [1.54, 1.807) is 17.3 Å². The quantitative estimate of drug-likeness (QED) is 0.586. The van der Waals surface area contributed by atoms with Crippen LogP contribution < -0.4 is 10.2 Å². The standard InChI is InChI=1S/C21H18ClFN6O/c22-21-26-9-11-2-1-7-29(18(11)28-21)19-16(23)14-10(8-25-19)3-4-12-15-13(27-17(12)14)5-6-24-20(15)30/h8-9,27H,1-7H2,(H,24,30). The van der Waals surface area contributed by atoms with Gasteiger partial charge in [0.25, 0.3) is 5.91 Å². The van der Waals surface area contributed by atoms with Gasteiger partial charge in [0.2, 0.25) is 5.28 Å². The molecule has 0 saturated carbocycles. The third-order valence-corrected chi connectivity index (χ3v) is 6.38. The Morgan fingerprint density at radius 3 is 2.80 bits per heavy atom. The van der Waals surface area contributed by atoms with Crippen molar-refractivity contribution in [3.63, 3.8) is 0 Å². The van der Waals surface area contributed by atoms with E-state index in [-0.39, 0.29) is 17.0 Å². The SMILES string of the molecule is O=C1NCCc2[nH]c3c(c21)CCc1cnc(N2CCCc4cnc(Cl)nc42)c(F)c1-3. The number of fused-ring (bicyclic) bond motifs is 6. The number of carbonyl (C=O) groups excluding carboxylic acids is 1. The van der Waals surface area contributed by atoms with Crippen LogP contribution in [0.5, 0.6) is 0 Å². The summed E-state index contributed by atoms with van der Waals surface area (Å²) in [4.78, 5) is 30.4. The number of nitrogens with zero attached hydrogens (tertiary/aromatic N) is 4. The molecule has 6 rings (SSSR count). The first-order chi connectivity index (χ1) is 14.6. The molecule has 3 aromatic heterocycles. The lowest BCUT2D eigenvalue weighted by Crippen LogP contribution is -2.32. The molecule has 0 atom stereocenters. The number of H-pyrrole nitrogens is 1. The fourth-order valence-electron chi connectivity index (χ4n) is 4.86. The van der Waals surface area contributed by atoms with Crippen molar-refractivity contribution in [1.29, 1.82) is 0 Å². The molecule has 1 amide bonds. The van der Waals surface area contributed by atoms with E-state index >= 15 is 4.39 Å². The molecule has 0 fully saturated rings. The summed E-state index contributed by atoms with van der Waals surface area (Å²) in [7, 11) is 0. The van der Waals surface area contributed by atoms with Crippen LogP contribution in [-0.2, 0) is 25.7 Å². The van der Waals surface area contributed by atoms with Gasteiger partial charge in [-0.1, -0.05) is 0 Å². The molecule has 5 heterocycles. The molecule has 2 aliphatic heterocycles. The Kier molecular flexibility index (Phi) is 3.86. The number of carbonyl (C=O) groups is 1. The highest BCUT2D eigenvalue weighted by atomic mass is 35.5. The summed E-state index contributed by atoms with van der Waals surface area (Å²) in [6, 6.07) is 0. The zero-order valence-electron chi connectivity index (χ0n) is 16.1. The molecule has 3 aromatic rings. The molecule has 0 bridgehead atoms. The lowest BCUT2D eigenvalue weighted by molar-refractivity contribution is 0.0945. The normalized spacial score (nSPS) is 17.0. The van der Waals surface area contributed by atoms with Crippen molar-refractivity contribution in [2.45, 2.75) is 32.1 Å². The van der Waals surface area contributed by atoms with E-state index in [1.807, 2.05) is 0 Å². The molecule has 7 nitrogen and oxygen atoms in total. The number of amides is 1. The highest BCUT2D eigenvalue weighted by molar-refractivity contribution is 6.28. The van der Waals surface area contributed by atoms with Crippen LogP contribution in [0.4, 0.5) is 16.0 Å². The number of halogens is 2. The van der Waals surface area contributed by atoms with E-state index in [0.29, 0.717) is 48.6 Å². The van der Waals surface area contributed by atoms with Gasteiger partial charge in [-0.05, 0) is 48.4 Å². The summed E-state index contributed by atoms with van der Waals surface area (Å²) >= 11 is 6.02. The highest BCUT2D eigenvalue weighted by Crippen LogP contribution is 2.42. The van der Waals surface area contributed by atoms with E-state index < -0.39 is 5.82 Å². The van der Waals surface area contributed by atoms with Crippen LogP contribution in [0.3, 0.4) is 0 Å². The predicted molar refractivity (Wildman–Crippen MR) is 110 cm³/mol. The van der Waals surface area contributed by atoms with Gasteiger partial charge in [0.1, 0.15) is 5.82 Å². The Morgan fingerprint density at radius 1 is 1.03 bits per heavy atom. The van der Waals surface area contributed by atoms with Gasteiger partial charge in [0.15, 0.2) is 11.6 Å². The molecule has 0 spiro atoms. The number of aromatic amines is 1. The van der Waals surface area contributed by atoms with Crippen molar-refractivity contribution in [1.82, 2.24) is 25.3 Å². The zero-order chi connectivity index (χ0) is 20.4. The summed E-state index contributed by atoms with van der Waals surface area (Å²) in [5.74, 6) is 0.362. The van der Waals surface area contributed by atoms with E-state index in [9.17, 15) is 4.79 Å². The average Bonchev–Trinajstić information content (AvgIpc) is 3.13. The number of anilines is 2. The van der Waals surface area contributed by atoms with Crippen LogP contribution >= 0.6 is 11.6 Å². The van der Waals surface area contributed by atoms with Gasteiger partial charge >= 0.3 is 0 Å². The minimum absolute atomic E-state index is 0.0804. The van der Waals surface area contributed by atoms with Crippen molar-refractivity contribution in [2.75, 3.05) is 18.0 Å². The average molecular weight is 425 g/mol. The van der Waals surface area contributed by atoms with Gasteiger partial charge in [-0.15, -0.1) is 0 Å². The molecular formula is C21H18ClFN6O. The second-order valence-corrected chi connectivity index (χ2v) is 8.22. The van der Waals surface area contributed by atoms with E-state index in [1.165, 1.54) is 0 Å². The van der Waals surface area contributed by atoms with Crippen molar-refractivity contribution < 1.29 is 9.18 Å². The molecule has 1 aliphatic carbocycles. The second kappa shape index (κ2) is 6.50. The van der Waals surface area contributed by atoms with E-state index in [4.69, 9.17) is 11.6 Å². The van der Waals surface area contributed by atoms with Crippen molar-refractivity contribution in [2.24, 2.45) is 0 Å². The van der Waals surface area contributed by atoms with Gasteiger partial charge in [-0.25, -0.2) is 14.4 Å². The van der Waals surface area contributed by atoms with Crippen LogP contribution in [0.2, 0.25) is 5.28 Å². The Bertz CT molecular complexity index is 1220. The van der Waals surface area contributed by atoms with Crippen LogP contribution in [0.25, 0.3) is 11.3 Å². The largest absolute Gasteiger partial charge is 0.357 e. The van der Waals surface area contributed by atoms with Crippen molar-refractivity contribution in [3.05, 3.63) is 51.4 Å². The molecule has 0 radical (unpaired) electrons. The zero-order valence-corrected chi connectivity index (χ0v) is 16.8. The number of hydrogen-bond donors (Lipinski definition) is 2. The van der Waals surface area contributed by atoms with Gasteiger partial charge in [0, 0.05) is 48.7 Å². The Labute approximate surface area is 176 Å². The number of pyridine rings is 1. The Hall–Kier alpha value is -3.00. The molecule has 0 saturated heterocycles. The number of nitrogens with one attached hydrogen (secondary N) is 2. The molecule has 9 heteroatoms. The topological polar surface area (TPSA) is 86.8 Å². The van der Waals surface area contributed by atoms with Crippen LogP contribution in [0, 0.1) is 5.82 Å². The third kappa shape index (κ3) is 2.49. The van der Waals surface area contributed by atoms with Crippen molar-refractivity contribution >= 4 is 29.1 Å². The fourth-order valence-corrected chi connectivity index (χ4v) is 4.99. The number of aryl methyl sites for hydroxylation is 2. The maximum absolute atomic E-state index is 16.0. The smallest absolute Gasteiger partial charge is 0.253 e. The molecular weight excluding hydrogens is 407 g/mol. The molecule has 3 aliphatic rings. The molecule has 0 aromatic carbocycles. The fraction of sp³-hybridized carbons (Fsp3) is 0.333. The highest BCUT2D eigenvalue weighted by Gasteiger charge is 2.33. The number of rotatable bonds is 1. The lowest BCUT2D eigenvalue weighted by atomic mass is 9.88. The first-order valence-corrected chi connectivity index (χ1v) is 10.5. The van der Waals surface area contributed by atoms with Crippen LogP contribution in [0.15, 0.2) is 12.4 Å². The van der Waals surface area contributed by atoms with E-state index in [2.05, 4.69) is 25.3 Å². The Morgan fingerprint density at radius 2 is 1.90 bits per heavy atom. The first-order valence-electron chi connectivity index (χ1n) is 10.1. The van der Waals surface area contributed by atoms with Gasteiger partial charge < -0.3 is 15.2 Å². The van der Waals surface area contributed by atoms with Gasteiger partial charge in [0.05, 0.1) is 11.3 Å². The minimum atomic E-state index is -0.393. The summed E-state index contributed by atoms with van der Waals surface area (Å²) in [5, 5.41) is 3.02. The maximum atomic E-state index is 16.0. The monoisotopic (exact) mass is 424 g/mol. The molecule has 30 heavy (non-hydrogen) atoms. The predicted octanol–water partition coefficient (Wildman–Crippen LogP) is 3.13. The second-order valence-electron chi connectivity index (χ2n) is 7.88. The summed E-state index contributed by atoms with van der Waals surface area (Å²) in [6.07, 6.45) is 7.16. The Balaban J connectivity index is 1.53. The first kappa shape index (κ1) is 17.8. The maximum Gasteiger partial charge on any atom is 0.253 e. The minimum Gasteiger partial charge on any atom is -0.357 e. The van der Waals surface area contributed by atoms with Crippen LogP contribution in [0.1, 0.15) is 39.2 Å². The summed E-state index contributed by atoms with van der Waals surface area (Å²) in [6.45, 7) is 1.19. The van der Waals surface area contributed by atoms with Gasteiger partial charge in [-0.2, -0.15) is 4.98 Å². The molecule has 152 valence electrons. The van der Waals surface area contributed by atoms with E-state index in [0.717, 1.165) is 41.6 Å². The van der Waals surface area contributed by atoms with Crippen molar-refractivity contribution in [3.8, 4) is 11.3 Å². The summed E-state index contributed by atoms with van der Waals surface area (Å²) < 4.78 is 16.0. The number of aromatic nitrogens is 4. The number of hydrogen-bond acceptors (Lipinski definition) is 5. The third-order valence-electron chi connectivity index (χ3n) is 6.19.